The molecule has 3 heterocycles. The molecule has 0 radical (unpaired) electrons. The summed E-state index contributed by atoms with van der Waals surface area (Å²) in [6.45, 7) is 1.49. The van der Waals surface area contributed by atoms with Crippen LogP contribution in [0.5, 0.6) is 0 Å². The zero-order valence-electron chi connectivity index (χ0n) is 15.1. The number of amides is 2. The van der Waals surface area contributed by atoms with Crippen LogP contribution in [0.1, 0.15) is 45.2 Å². The van der Waals surface area contributed by atoms with Gasteiger partial charge in [0.15, 0.2) is 5.82 Å². The number of aromatic amines is 1. The van der Waals surface area contributed by atoms with Gasteiger partial charge in [0.2, 0.25) is 0 Å². The molecule has 1 aromatic carbocycles. The first kappa shape index (κ1) is 17.8. The fourth-order valence-corrected chi connectivity index (χ4v) is 3.10. The Bertz CT molecular complexity index is 964. The highest BCUT2D eigenvalue weighted by atomic mass is 16.2. The second kappa shape index (κ2) is 7.95. The van der Waals surface area contributed by atoms with E-state index in [2.05, 4.69) is 30.9 Å². The standard InChI is InChI=1S/C19H19N7O2/c27-18(15-4-3-5-16(21-15)19(28)26-10-1-2-11-26)20-14-8-6-13(7-9-14)12-17-22-24-25-23-17/h3-9H,1-2,10-12H2,(H,20,27)(H,22,23,24,25). The lowest BCUT2D eigenvalue weighted by molar-refractivity contribution is 0.0787. The second-order valence-corrected chi connectivity index (χ2v) is 6.56. The number of tetrazole rings is 1. The summed E-state index contributed by atoms with van der Waals surface area (Å²) in [5.41, 5.74) is 2.14. The maximum atomic E-state index is 12.5. The zero-order valence-corrected chi connectivity index (χ0v) is 15.1. The number of hydrogen-bond donors (Lipinski definition) is 2. The molecule has 0 aliphatic carbocycles. The third-order valence-corrected chi connectivity index (χ3v) is 4.56. The maximum absolute atomic E-state index is 12.5. The van der Waals surface area contributed by atoms with Gasteiger partial charge < -0.3 is 10.2 Å². The molecular formula is C19H19N7O2. The van der Waals surface area contributed by atoms with E-state index in [1.54, 1.807) is 35.2 Å². The number of nitrogens with zero attached hydrogens (tertiary/aromatic N) is 5. The number of carbonyl (C=O) groups is 2. The van der Waals surface area contributed by atoms with Crippen LogP contribution in [0.15, 0.2) is 42.5 Å². The van der Waals surface area contributed by atoms with Gasteiger partial charge in [-0.2, -0.15) is 5.21 Å². The number of carbonyl (C=O) groups excluding carboxylic acids is 2. The summed E-state index contributed by atoms with van der Waals surface area (Å²) >= 11 is 0. The van der Waals surface area contributed by atoms with E-state index < -0.39 is 0 Å². The number of anilines is 1. The fourth-order valence-electron chi connectivity index (χ4n) is 3.10. The van der Waals surface area contributed by atoms with Gasteiger partial charge in [-0.25, -0.2) is 4.98 Å². The van der Waals surface area contributed by atoms with Crippen molar-refractivity contribution in [1.82, 2.24) is 30.5 Å². The van der Waals surface area contributed by atoms with Crippen LogP contribution in [0.25, 0.3) is 0 Å². The molecule has 2 N–H and O–H groups in total. The molecule has 0 unspecified atom stereocenters. The average Bonchev–Trinajstić information content (AvgIpc) is 3.43. The predicted octanol–water partition coefficient (Wildman–Crippen LogP) is 1.67. The Hall–Kier alpha value is -3.62. The van der Waals surface area contributed by atoms with Crippen LogP contribution < -0.4 is 5.32 Å². The first-order valence-corrected chi connectivity index (χ1v) is 9.08. The molecule has 1 saturated heterocycles. The van der Waals surface area contributed by atoms with Crippen LogP contribution in [0.4, 0.5) is 5.69 Å². The minimum Gasteiger partial charge on any atom is -0.337 e. The summed E-state index contributed by atoms with van der Waals surface area (Å²) in [5.74, 6) is 0.112. The third-order valence-electron chi connectivity index (χ3n) is 4.56. The molecule has 1 fully saturated rings. The van der Waals surface area contributed by atoms with Crippen molar-refractivity contribution in [3.8, 4) is 0 Å². The number of benzene rings is 1. The van der Waals surface area contributed by atoms with Gasteiger partial charge in [0, 0.05) is 25.2 Å². The number of hydrogen-bond acceptors (Lipinski definition) is 6. The van der Waals surface area contributed by atoms with Crippen LogP contribution >= 0.6 is 0 Å². The quantitative estimate of drug-likeness (QED) is 0.699. The zero-order chi connectivity index (χ0) is 19.3. The van der Waals surface area contributed by atoms with Gasteiger partial charge in [-0.3, -0.25) is 9.59 Å². The van der Waals surface area contributed by atoms with Gasteiger partial charge in [-0.1, -0.05) is 23.4 Å². The predicted molar refractivity (Wildman–Crippen MR) is 101 cm³/mol. The monoisotopic (exact) mass is 377 g/mol. The number of likely N-dealkylation sites (tertiary alicyclic amines) is 1. The summed E-state index contributed by atoms with van der Waals surface area (Å²) < 4.78 is 0. The molecule has 3 aromatic rings. The topological polar surface area (TPSA) is 117 Å². The van der Waals surface area contributed by atoms with Crippen molar-refractivity contribution in [1.29, 1.82) is 0 Å². The maximum Gasteiger partial charge on any atom is 0.274 e. The molecule has 1 aliphatic heterocycles. The van der Waals surface area contributed by atoms with E-state index in [4.69, 9.17) is 0 Å². The molecule has 2 amide bonds. The lowest BCUT2D eigenvalue weighted by atomic mass is 10.1. The Balaban J connectivity index is 1.42. The Morgan fingerprint density at radius 1 is 1.04 bits per heavy atom. The molecule has 2 aromatic heterocycles. The number of aromatic nitrogens is 5. The first-order valence-electron chi connectivity index (χ1n) is 9.08. The van der Waals surface area contributed by atoms with Crippen LogP contribution in [0, 0.1) is 0 Å². The van der Waals surface area contributed by atoms with Crippen molar-refractivity contribution in [2.75, 3.05) is 18.4 Å². The summed E-state index contributed by atoms with van der Waals surface area (Å²) in [6.07, 6.45) is 2.57. The van der Waals surface area contributed by atoms with Crippen molar-refractivity contribution >= 4 is 17.5 Å². The summed E-state index contributed by atoms with van der Waals surface area (Å²) in [4.78, 5) is 31.0. The Morgan fingerprint density at radius 3 is 2.50 bits per heavy atom. The van der Waals surface area contributed by atoms with E-state index in [1.165, 1.54) is 0 Å². The fraction of sp³-hybridized carbons (Fsp3) is 0.263. The number of H-pyrrole nitrogens is 1. The molecule has 1 aliphatic rings. The highest BCUT2D eigenvalue weighted by molar-refractivity contribution is 6.03. The van der Waals surface area contributed by atoms with Crippen LogP contribution in [-0.4, -0.2) is 55.4 Å². The smallest absolute Gasteiger partial charge is 0.274 e. The molecule has 0 saturated carbocycles. The van der Waals surface area contributed by atoms with E-state index in [0.717, 1.165) is 31.5 Å². The van der Waals surface area contributed by atoms with Gasteiger partial charge in [0.05, 0.1) is 0 Å². The van der Waals surface area contributed by atoms with E-state index in [0.29, 0.717) is 23.6 Å². The van der Waals surface area contributed by atoms with Gasteiger partial charge in [0.25, 0.3) is 11.8 Å². The minimum atomic E-state index is -0.359. The molecule has 9 nitrogen and oxygen atoms in total. The highest BCUT2D eigenvalue weighted by Gasteiger charge is 2.21. The van der Waals surface area contributed by atoms with E-state index in [-0.39, 0.29) is 17.5 Å². The van der Waals surface area contributed by atoms with Gasteiger partial charge in [-0.15, -0.1) is 10.2 Å². The third kappa shape index (κ3) is 4.03. The van der Waals surface area contributed by atoms with Crippen LogP contribution in [0.3, 0.4) is 0 Å². The Morgan fingerprint density at radius 2 is 1.79 bits per heavy atom. The number of pyridine rings is 1. The molecule has 0 atom stereocenters. The molecule has 28 heavy (non-hydrogen) atoms. The van der Waals surface area contributed by atoms with Crippen LogP contribution in [0.2, 0.25) is 0 Å². The number of rotatable bonds is 5. The number of nitrogens with one attached hydrogen (secondary N) is 2. The molecule has 0 bridgehead atoms. The molecular weight excluding hydrogens is 358 g/mol. The van der Waals surface area contributed by atoms with Crippen molar-refractivity contribution in [3.63, 3.8) is 0 Å². The molecule has 142 valence electrons. The van der Waals surface area contributed by atoms with Gasteiger partial charge >= 0.3 is 0 Å². The van der Waals surface area contributed by atoms with Crippen LogP contribution in [-0.2, 0) is 6.42 Å². The van der Waals surface area contributed by atoms with E-state index >= 15 is 0 Å². The molecule has 0 spiro atoms. The van der Waals surface area contributed by atoms with Gasteiger partial charge in [0.1, 0.15) is 11.4 Å². The Labute approximate surface area is 161 Å². The molecule has 4 rings (SSSR count). The largest absolute Gasteiger partial charge is 0.337 e. The van der Waals surface area contributed by atoms with Gasteiger partial charge in [-0.05, 0) is 42.7 Å². The highest BCUT2D eigenvalue weighted by Crippen LogP contribution is 2.14. The average molecular weight is 377 g/mol. The first-order chi connectivity index (χ1) is 13.7. The summed E-state index contributed by atoms with van der Waals surface area (Å²) in [6, 6.07) is 12.3. The van der Waals surface area contributed by atoms with E-state index in [1.807, 2.05) is 12.1 Å². The summed E-state index contributed by atoms with van der Waals surface area (Å²) in [7, 11) is 0. The lowest BCUT2D eigenvalue weighted by Crippen LogP contribution is -2.29. The summed E-state index contributed by atoms with van der Waals surface area (Å²) in [5, 5.41) is 16.6. The Kier molecular flexibility index (Phi) is 5.05. The van der Waals surface area contributed by atoms with Crippen molar-refractivity contribution in [2.45, 2.75) is 19.3 Å². The van der Waals surface area contributed by atoms with Crippen molar-refractivity contribution < 1.29 is 9.59 Å². The second-order valence-electron chi connectivity index (χ2n) is 6.56. The lowest BCUT2D eigenvalue weighted by Gasteiger charge is -2.14. The SMILES string of the molecule is O=C(Nc1ccc(Cc2nn[nH]n2)cc1)c1cccc(C(=O)N2CCCC2)n1. The van der Waals surface area contributed by atoms with Crippen molar-refractivity contribution in [2.24, 2.45) is 0 Å². The van der Waals surface area contributed by atoms with E-state index in [9.17, 15) is 9.59 Å². The minimum absolute atomic E-state index is 0.127. The van der Waals surface area contributed by atoms with Crippen molar-refractivity contribution in [3.05, 3.63) is 65.2 Å². The molecule has 9 heteroatoms. The normalized spacial score (nSPS) is 13.5.